The highest BCUT2D eigenvalue weighted by Gasteiger charge is 2.55. The number of hydrogen-bond donors (Lipinski definition) is 0. The standard InChI is InChI=1S/C15H22BrF2NO/c16-1-2-19(9-13(17)18)14(20)15-6-10-3-11(7-15)5-12(4-10)8-15/h10-13H,1-9H2. The smallest absolute Gasteiger partial charge is 0.255 e. The van der Waals surface area contributed by atoms with Crippen LogP contribution in [0, 0.1) is 23.2 Å². The number of nitrogens with zero attached hydrogens (tertiary/aromatic N) is 1. The molecule has 0 aliphatic heterocycles. The SMILES string of the molecule is O=C(N(CCBr)CC(F)F)C12CC3CC(CC(C3)C1)C2. The van der Waals surface area contributed by atoms with E-state index in [1.807, 2.05) is 0 Å². The number of rotatable bonds is 5. The Balaban J connectivity index is 1.77. The van der Waals surface area contributed by atoms with E-state index in [1.54, 1.807) is 0 Å². The summed E-state index contributed by atoms with van der Waals surface area (Å²) in [5.74, 6) is 2.02. The third-order valence-electron chi connectivity index (χ3n) is 5.49. The van der Waals surface area contributed by atoms with Crippen LogP contribution >= 0.6 is 15.9 Å². The molecule has 0 N–H and O–H groups in total. The van der Waals surface area contributed by atoms with E-state index in [2.05, 4.69) is 15.9 Å². The van der Waals surface area contributed by atoms with Crippen molar-refractivity contribution in [3.8, 4) is 0 Å². The third-order valence-corrected chi connectivity index (χ3v) is 5.85. The fourth-order valence-corrected chi connectivity index (χ4v) is 5.68. The Hall–Kier alpha value is -0.190. The summed E-state index contributed by atoms with van der Waals surface area (Å²) < 4.78 is 25.5. The van der Waals surface area contributed by atoms with Crippen molar-refractivity contribution in [2.75, 3.05) is 18.4 Å². The van der Waals surface area contributed by atoms with E-state index in [-0.39, 0.29) is 11.3 Å². The molecule has 0 atom stereocenters. The number of carbonyl (C=O) groups excluding carboxylic acids is 1. The molecule has 0 aromatic heterocycles. The molecular weight excluding hydrogens is 328 g/mol. The zero-order valence-corrected chi connectivity index (χ0v) is 13.2. The molecule has 5 heteroatoms. The number of amides is 1. The average Bonchev–Trinajstić information content (AvgIpc) is 2.35. The topological polar surface area (TPSA) is 20.3 Å². The Labute approximate surface area is 127 Å². The van der Waals surface area contributed by atoms with Gasteiger partial charge in [0.1, 0.15) is 0 Å². The van der Waals surface area contributed by atoms with Crippen LogP contribution in [-0.2, 0) is 4.79 Å². The molecule has 4 bridgehead atoms. The first-order valence-electron chi connectivity index (χ1n) is 7.66. The molecule has 0 aromatic carbocycles. The fourth-order valence-electron chi connectivity index (χ4n) is 5.25. The molecule has 0 unspecified atom stereocenters. The molecule has 0 saturated heterocycles. The third kappa shape index (κ3) is 2.62. The maximum Gasteiger partial charge on any atom is 0.255 e. The minimum atomic E-state index is -2.44. The lowest BCUT2D eigenvalue weighted by atomic mass is 9.49. The van der Waals surface area contributed by atoms with Crippen molar-refractivity contribution in [1.29, 1.82) is 0 Å². The van der Waals surface area contributed by atoms with E-state index in [4.69, 9.17) is 0 Å². The van der Waals surface area contributed by atoms with Gasteiger partial charge in [-0.25, -0.2) is 8.78 Å². The average molecular weight is 350 g/mol. The molecule has 0 aromatic rings. The Morgan fingerprint density at radius 2 is 1.65 bits per heavy atom. The van der Waals surface area contributed by atoms with Crippen molar-refractivity contribution in [2.45, 2.75) is 45.0 Å². The van der Waals surface area contributed by atoms with Crippen LogP contribution in [0.1, 0.15) is 38.5 Å². The number of hydrogen-bond acceptors (Lipinski definition) is 1. The second kappa shape index (κ2) is 5.54. The van der Waals surface area contributed by atoms with Crippen molar-refractivity contribution < 1.29 is 13.6 Å². The largest absolute Gasteiger partial charge is 0.336 e. The van der Waals surface area contributed by atoms with Gasteiger partial charge < -0.3 is 4.90 Å². The summed E-state index contributed by atoms with van der Waals surface area (Å²) in [5, 5.41) is 0.567. The van der Waals surface area contributed by atoms with E-state index in [1.165, 1.54) is 24.2 Å². The van der Waals surface area contributed by atoms with E-state index < -0.39 is 13.0 Å². The van der Waals surface area contributed by atoms with Gasteiger partial charge in [0.15, 0.2) is 0 Å². The second-order valence-corrected chi connectivity index (χ2v) is 7.82. The highest BCUT2D eigenvalue weighted by molar-refractivity contribution is 9.09. The minimum absolute atomic E-state index is 0.0105. The van der Waals surface area contributed by atoms with Crippen molar-refractivity contribution in [3.63, 3.8) is 0 Å². The highest BCUT2D eigenvalue weighted by Crippen LogP contribution is 2.60. The van der Waals surface area contributed by atoms with Gasteiger partial charge in [0.2, 0.25) is 5.91 Å². The van der Waals surface area contributed by atoms with Gasteiger partial charge in [0.05, 0.1) is 12.0 Å². The fraction of sp³-hybridized carbons (Fsp3) is 0.933. The van der Waals surface area contributed by atoms with Gasteiger partial charge in [-0.1, -0.05) is 15.9 Å². The zero-order chi connectivity index (χ0) is 14.3. The van der Waals surface area contributed by atoms with Crippen molar-refractivity contribution in [2.24, 2.45) is 23.2 Å². The van der Waals surface area contributed by atoms with Gasteiger partial charge in [-0.3, -0.25) is 4.79 Å². The Morgan fingerprint density at radius 3 is 2.05 bits per heavy atom. The summed E-state index contributed by atoms with van der Waals surface area (Å²) in [6.45, 7) is -0.0168. The van der Waals surface area contributed by atoms with Gasteiger partial charge >= 0.3 is 0 Å². The molecule has 0 heterocycles. The molecule has 1 amide bonds. The maximum absolute atomic E-state index is 12.9. The minimum Gasteiger partial charge on any atom is -0.336 e. The number of alkyl halides is 3. The van der Waals surface area contributed by atoms with Crippen LogP contribution in [0.2, 0.25) is 0 Å². The summed E-state index contributed by atoms with van der Waals surface area (Å²) in [4.78, 5) is 14.3. The molecule has 4 saturated carbocycles. The Morgan fingerprint density at radius 1 is 1.15 bits per heavy atom. The van der Waals surface area contributed by atoms with Crippen LogP contribution in [-0.4, -0.2) is 35.7 Å². The summed E-state index contributed by atoms with van der Waals surface area (Å²) in [5.41, 5.74) is -0.300. The Kier molecular flexibility index (Phi) is 4.08. The maximum atomic E-state index is 12.9. The summed E-state index contributed by atoms with van der Waals surface area (Å²) in [6.07, 6.45) is 4.19. The van der Waals surface area contributed by atoms with Gasteiger partial charge in [0, 0.05) is 11.9 Å². The van der Waals surface area contributed by atoms with Crippen molar-refractivity contribution in [3.05, 3.63) is 0 Å². The lowest BCUT2D eigenvalue weighted by Crippen LogP contribution is -2.55. The van der Waals surface area contributed by atoms with Gasteiger partial charge in [0.25, 0.3) is 6.43 Å². The molecule has 4 fully saturated rings. The normalized spacial score (nSPS) is 38.5. The molecule has 4 aliphatic rings. The quantitative estimate of drug-likeness (QED) is 0.693. The molecule has 0 spiro atoms. The van der Waals surface area contributed by atoms with E-state index in [0.717, 1.165) is 19.3 Å². The Bertz CT molecular complexity index is 353. The van der Waals surface area contributed by atoms with Crippen LogP contribution in [0.15, 0.2) is 0 Å². The highest BCUT2D eigenvalue weighted by atomic mass is 79.9. The van der Waals surface area contributed by atoms with E-state index in [0.29, 0.717) is 29.6 Å². The predicted molar refractivity (Wildman–Crippen MR) is 77.0 cm³/mol. The molecule has 0 radical (unpaired) electrons. The van der Waals surface area contributed by atoms with E-state index in [9.17, 15) is 13.6 Å². The second-order valence-electron chi connectivity index (χ2n) is 7.03. The first-order valence-corrected chi connectivity index (χ1v) is 8.78. The van der Waals surface area contributed by atoms with Gasteiger partial charge in [-0.05, 0) is 56.3 Å². The lowest BCUT2D eigenvalue weighted by molar-refractivity contribution is -0.159. The van der Waals surface area contributed by atoms with Crippen molar-refractivity contribution in [1.82, 2.24) is 4.90 Å². The summed E-state index contributed by atoms with van der Waals surface area (Å²) >= 11 is 3.28. The van der Waals surface area contributed by atoms with Crippen molar-refractivity contribution >= 4 is 21.8 Å². The molecule has 20 heavy (non-hydrogen) atoms. The van der Waals surface area contributed by atoms with Crippen LogP contribution in [0.4, 0.5) is 8.78 Å². The summed E-state index contributed by atoms with van der Waals surface area (Å²) in [6, 6.07) is 0. The van der Waals surface area contributed by atoms with Crippen LogP contribution < -0.4 is 0 Å². The van der Waals surface area contributed by atoms with Crippen LogP contribution in [0.5, 0.6) is 0 Å². The molecule has 114 valence electrons. The molecule has 4 rings (SSSR count). The number of halogens is 3. The van der Waals surface area contributed by atoms with Crippen LogP contribution in [0.25, 0.3) is 0 Å². The molecule has 2 nitrogen and oxygen atoms in total. The van der Waals surface area contributed by atoms with Crippen LogP contribution in [0.3, 0.4) is 0 Å². The first kappa shape index (κ1) is 14.7. The number of carbonyl (C=O) groups is 1. The monoisotopic (exact) mass is 349 g/mol. The van der Waals surface area contributed by atoms with Gasteiger partial charge in [-0.2, -0.15) is 0 Å². The zero-order valence-electron chi connectivity index (χ0n) is 11.7. The predicted octanol–water partition coefficient (Wildman–Crippen LogP) is 3.69. The van der Waals surface area contributed by atoms with Gasteiger partial charge in [-0.15, -0.1) is 0 Å². The first-order chi connectivity index (χ1) is 9.52. The molecule has 4 aliphatic carbocycles. The molecular formula is C15H22BrF2NO. The van der Waals surface area contributed by atoms with E-state index >= 15 is 0 Å². The lowest BCUT2D eigenvalue weighted by Gasteiger charge is -2.56. The summed E-state index contributed by atoms with van der Waals surface area (Å²) in [7, 11) is 0.